The molecule has 0 saturated heterocycles. The molecule has 1 rings (SSSR count). The molecule has 0 aliphatic carbocycles. The summed E-state index contributed by atoms with van der Waals surface area (Å²) in [7, 11) is 0. The van der Waals surface area contributed by atoms with Crippen molar-refractivity contribution in [2.45, 2.75) is 52.9 Å². The summed E-state index contributed by atoms with van der Waals surface area (Å²) in [5.74, 6) is 0.705. The lowest BCUT2D eigenvalue weighted by Gasteiger charge is -2.07. The molecule has 4 nitrogen and oxygen atoms in total. The van der Waals surface area contributed by atoms with Crippen LogP contribution in [0.25, 0.3) is 0 Å². The van der Waals surface area contributed by atoms with Crippen LogP contribution in [0.2, 0.25) is 0 Å². The van der Waals surface area contributed by atoms with Gasteiger partial charge >= 0.3 is 0 Å². The topological polar surface area (TPSA) is 54.0 Å². The molecule has 0 spiro atoms. The van der Waals surface area contributed by atoms with Crippen LogP contribution in [-0.4, -0.2) is 24.0 Å². The quantitative estimate of drug-likeness (QED) is 0.644. The van der Waals surface area contributed by atoms with Crippen LogP contribution in [0.15, 0.2) is 18.3 Å². The van der Waals surface area contributed by atoms with Crippen molar-refractivity contribution in [3.63, 3.8) is 0 Å². The summed E-state index contributed by atoms with van der Waals surface area (Å²) in [5.41, 5.74) is 1.42. The van der Waals surface area contributed by atoms with Gasteiger partial charge in [-0.25, -0.2) is 0 Å². The van der Waals surface area contributed by atoms with Crippen LogP contribution < -0.4 is 10.6 Å². The Bertz CT molecular complexity index is 418. The zero-order valence-corrected chi connectivity index (χ0v) is 13.6. The molecule has 1 heterocycles. The summed E-state index contributed by atoms with van der Waals surface area (Å²) >= 11 is 0. The Morgan fingerprint density at radius 2 is 2.00 bits per heavy atom. The number of hydrogen-bond donors (Lipinski definition) is 2. The van der Waals surface area contributed by atoms with Gasteiger partial charge in [-0.1, -0.05) is 39.5 Å². The third kappa shape index (κ3) is 7.69. The molecule has 0 unspecified atom stereocenters. The van der Waals surface area contributed by atoms with Gasteiger partial charge in [0, 0.05) is 25.0 Å². The molecule has 0 bridgehead atoms. The van der Waals surface area contributed by atoms with Gasteiger partial charge in [-0.2, -0.15) is 0 Å². The molecular formula is C17H29N3O. The van der Waals surface area contributed by atoms with E-state index >= 15 is 0 Å². The fourth-order valence-electron chi connectivity index (χ4n) is 2.19. The van der Waals surface area contributed by atoms with E-state index in [1.165, 1.54) is 25.7 Å². The number of carbonyl (C=O) groups excluding carboxylic acids is 1. The zero-order chi connectivity index (χ0) is 15.5. The fourth-order valence-corrected chi connectivity index (χ4v) is 2.19. The molecule has 1 aromatic heterocycles. The highest BCUT2D eigenvalue weighted by Crippen LogP contribution is 2.09. The number of pyridine rings is 1. The van der Waals surface area contributed by atoms with Gasteiger partial charge in [0.15, 0.2) is 0 Å². The van der Waals surface area contributed by atoms with Gasteiger partial charge in [0.1, 0.15) is 5.69 Å². The van der Waals surface area contributed by atoms with Crippen molar-refractivity contribution in [2.75, 3.05) is 18.4 Å². The lowest BCUT2D eigenvalue weighted by molar-refractivity contribution is 0.0948. The minimum atomic E-state index is -0.0862. The first-order valence-electron chi connectivity index (χ1n) is 8.11. The Labute approximate surface area is 128 Å². The molecule has 118 valence electrons. The molecule has 21 heavy (non-hydrogen) atoms. The molecule has 0 aliphatic rings. The van der Waals surface area contributed by atoms with E-state index in [0.717, 1.165) is 31.1 Å². The third-order valence-electron chi connectivity index (χ3n) is 3.37. The molecule has 0 fully saturated rings. The van der Waals surface area contributed by atoms with Crippen molar-refractivity contribution in [3.05, 3.63) is 24.0 Å². The smallest absolute Gasteiger partial charge is 0.269 e. The number of aromatic nitrogens is 1. The maximum Gasteiger partial charge on any atom is 0.269 e. The van der Waals surface area contributed by atoms with Crippen molar-refractivity contribution in [1.82, 2.24) is 10.3 Å². The minimum Gasteiger partial charge on any atom is -0.385 e. The highest BCUT2D eigenvalue weighted by molar-refractivity contribution is 5.93. The summed E-state index contributed by atoms with van der Waals surface area (Å²) in [6.45, 7) is 8.11. The first kappa shape index (κ1) is 17.5. The zero-order valence-electron chi connectivity index (χ0n) is 13.6. The molecule has 0 aromatic carbocycles. The minimum absolute atomic E-state index is 0.0862. The van der Waals surface area contributed by atoms with Crippen LogP contribution in [0.3, 0.4) is 0 Å². The van der Waals surface area contributed by atoms with Gasteiger partial charge in [0.2, 0.25) is 0 Å². The van der Waals surface area contributed by atoms with Crippen molar-refractivity contribution in [3.8, 4) is 0 Å². The highest BCUT2D eigenvalue weighted by Gasteiger charge is 2.06. The van der Waals surface area contributed by atoms with Gasteiger partial charge in [-0.05, 0) is 31.4 Å². The summed E-state index contributed by atoms with van der Waals surface area (Å²) < 4.78 is 0. The Morgan fingerprint density at radius 3 is 2.71 bits per heavy atom. The largest absolute Gasteiger partial charge is 0.385 e. The van der Waals surface area contributed by atoms with Crippen molar-refractivity contribution < 1.29 is 4.79 Å². The van der Waals surface area contributed by atoms with Crippen LogP contribution in [0.4, 0.5) is 5.69 Å². The monoisotopic (exact) mass is 291 g/mol. The molecule has 1 amide bonds. The predicted octanol–water partition coefficient (Wildman–Crippen LogP) is 3.85. The number of rotatable bonds is 10. The summed E-state index contributed by atoms with van der Waals surface area (Å²) in [5, 5.41) is 6.12. The molecule has 2 N–H and O–H groups in total. The molecule has 0 atom stereocenters. The number of anilines is 1. The number of nitrogens with one attached hydrogen (secondary N) is 2. The molecule has 4 heteroatoms. The van der Waals surface area contributed by atoms with Crippen LogP contribution in [0, 0.1) is 5.92 Å². The van der Waals surface area contributed by atoms with Crippen LogP contribution in [-0.2, 0) is 0 Å². The van der Waals surface area contributed by atoms with E-state index in [1.807, 2.05) is 13.0 Å². The van der Waals surface area contributed by atoms with E-state index in [-0.39, 0.29) is 5.91 Å². The van der Waals surface area contributed by atoms with E-state index in [9.17, 15) is 4.79 Å². The SMILES string of the molecule is CCNc1ccnc(C(=O)NCCCCCCC(C)C)c1. The van der Waals surface area contributed by atoms with Crippen LogP contribution >= 0.6 is 0 Å². The molecular weight excluding hydrogens is 262 g/mol. The predicted molar refractivity (Wildman–Crippen MR) is 88.7 cm³/mol. The van der Waals surface area contributed by atoms with E-state index in [0.29, 0.717) is 5.69 Å². The average Bonchev–Trinajstić information content (AvgIpc) is 2.46. The summed E-state index contributed by atoms with van der Waals surface area (Å²) in [6, 6.07) is 3.66. The van der Waals surface area contributed by atoms with E-state index in [1.54, 1.807) is 12.3 Å². The lowest BCUT2D eigenvalue weighted by Crippen LogP contribution is -2.25. The first-order chi connectivity index (χ1) is 10.1. The Hall–Kier alpha value is -1.58. The lowest BCUT2D eigenvalue weighted by atomic mass is 10.0. The third-order valence-corrected chi connectivity index (χ3v) is 3.37. The normalized spacial score (nSPS) is 10.7. The van der Waals surface area contributed by atoms with Crippen LogP contribution in [0.5, 0.6) is 0 Å². The average molecular weight is 291 g/mol. The van der Waals surface area contributed by atoms with Gasteiger partial charge < -0.3 is 10.6 Å². The van der Waals surface area contributed by atoms with E-state index < -0.39 is 0 Å². The van der Waals surface area contributed by atoms with Crippen molar-refractivity contribution >= 4 is 11.6 Å². The Kier molecular flexibility index (Phi) is 8.48. The van der Waals surface area contributed by atoms with Gasteiger partial charge in [-0.3, -0.25) is 9.78 Å². The van der Waals surface area contributed by atoms with Crippen molar-refractivity contribution in [1.29, 1.82) is 0 Å². The number of amides is 1. The second-order valence-electron chi connectivity index (χ2n) is 5.81. The number of unbranched alkanes of at least 4 members (excludes halogenated alkanes) is 3. The second-order valence-corrected chi connectivity index (χ2v) is 5.81. The second kappa shape index (κ2) is 10.2. The van der Waals surface area contributed by atoms with E-state index in [2.05, 4.69) is 29.5 Å². The number of nitrogens with zero attached hydrogens (tertiary/aromatic N) is 1. The van der Waals surface area contributed by atoms with Crippen molar-refractivity contribution in [2.24, 2.45) is 5.92 Å². The maximum absolute atomic E-state index is 12.0. The maximum atomic E-state index is 12.0. The molecule has 1 aromatic rings. The standard InChI is InChI=1S/C17H29N3O/c1-4-18-15-10-12-19-16(13-15)17(21)20-11-8-6-5-7-9-14(2)3/h10,12-14H,4-9,11H2,1-3H3,(H,18,19)(H,20,21). The Morgan fingerprint density at radius 1 is 1.24 bits per heavy atom. The van der Waals surface area contributed by atoms with Gasteiger partial charge in [0.05, 0.1) is 0 Å². The summed E-state index contributed by atoms with van der Waals surface area (Å²) in [6.07, 6.45) is 7.72. The van der Waals surface area contributed by atoms with E-state index in [4.69, 9.17) is 0 Å². The molecule has 0 saturated carbocycles. The fraction of sp³-hybridized carbons (Fsp3) is 0.647. The van der Waals surface area contributed by atoms with Crippen LogP contribution in [0.1, 0.15) is 63.4 Å². The number of hydrogen-bond acceptors (Lipinski definition) is 3. The summed E-state index contributed by atoms with van der Waals surface area (Å²) in [4.78, 5) is 16.1. The molecule has 0 radical (unpaired) electrons. The Balaban J connectivity index is 2.20. The first-order valence-corrected chi connectivity index (χ1v) is 8.11. The van der Waals surface area contributed by atoms with Gasteiger partial charge in [0.25, 0.3) is 5.91 Å². The van der Waals surface area contributed by atoms with Gasteiger partial charge in [-0.15, -0.1) is 0 Å². The number of carbonyl (C=O) groups is 1. The molecule has 0 aliphatic heterocycles. The highest BCUT2D eigenvalue weighted by atomic mass is 16.1.